The Balaban J connectivity index is 2.80. The van der Waals surface area contributed by atoms with Gasteiger partial charge in [0.15, 0.2) is 0 Å². The SMILES string of the molecule is CN(CCS(C)(=O)=O)C(=O)c1cc(Br)cc(Br)c1. The molecule has 0 spiro atoms. The van der Waals surface area contributed by atoms with Crippen LogP contribution in [0.25, 0.3) is 0 Å². The first-order chi connectivity index (χ1) is 8.19. The standard InChI is InChI=1S/C11H13Br2NO3S/c1-14(3-4-18(2,16)17)11(15)8-5-9(12)7-10(13)6-8/h5-7H,3-4H2,1-2H3. The number of hydrogen-bond acceptors (Lipinski definition) is 3. The zero-order chi connectivity index (χ0) is 13.9. The molecule has 1 aromatic carbocycles. The van der Waals surface area contributed by atoms with Gasteiger partial charge in [-0.15, -0.1) is 0 Å². The van der Waals surface area contributed by atoms with Crippen LogP contribution in [0.15, 0.2) is 27.1 Å². The summed E-state index contributed by atoms with van der Waals surface area (Å²) < 4.78 is 23.7. The molecule has 0 aromatic heterocycles. The van der Waals surface area contributed by atoms with Gasteiger partial charge in [0.05, 0.1) is 5.75 Å². The summed E-state index contributed by atoms with van der Waals surface area (Å²) in [5.74, 6) is -0.245. The highest BCUT2D eigenvalue weighted by atomic mass is 79.9. The lowest BCUT2D eigenvalue weighted by Crippen LogP contribution is -2.31. The zero-order valence-corrected chi connectivity index (χ0v) is 14.0. The van der Waals surface area contributed by atoms with Crippen LogP contribution in [0.3, 0.4) is 0 Å². The minimum Gasteiger partial charge on any atom is -0.341 e. The highest BCUT2D eigenvalue weighted by molar-refractivity contribution is 9.11. The second-order valence-corrected chi connectivity index (χ2v) is 8.11. The zero-order valence-electron chi connectivity index (χ0n) is 9.98. The Hall–Kier alpha value is -0.400. The summed E-state index contributed by atoms with van der Waals surface area (Å²) >= 11 is 6.61. The molecule has 18 heavy (non-hydrogen) atoms. The number of sulfone groups is 1. The first kappa shape index (κ1) is 15.7. The third-order valence-corrected chi connectivity index (χ3v) is 4.09. The highest BCUT2D eigenvalue weighted by Gasteiger charge is 2.14. The highest BCUT2D eigenvalue weighted by Crippen LogP contribution is 2.20. The number of carbonyl (C=O) groups is 1. The minimum absolute atomic E-state index is 0.0373. The molecule has 0 bridgehead atoms. The quantitative estimate of drug-likeness (QED) is 0.781. The average Bonchev–Trinajstić information content (AvgIpc) is 2.22. The van der Waals surface area contributed by atoms with Crippen molar-refractivity contribution in [2.75, 3.05) is 25.6 Å². The maximum Gasteiger partial charge on any atom is 0.253 e. The van der Waals surface area contributed by atoms with E-state index in [1.165, 1.54) is 4.90 Å². The number of benzene rings is 1. The third-order valence-electron chi connectivity index (χ3n) is 2.25. The largest absolute Gasteiger partial charge is 0.341 e. The monoisotopic (exact) mass is 397 g/mol. The number of hydrogen-bond donors (Lipinski definition) is 0. The maximum atomic E-state index is 12.1. The predicted molar refractivity (Wildman–Crippen MR) is 78.5 cm³/mol. The van der Waals surface area contributed by atoms with Gasteiger partial charge in [-0.2, -0.15) is 0 Å². The molecule has 7 heteroatoms. The van der Waals surface area contributed by atoms with Crippen LogP contribution >= 0.6 is 31.9 Å². The van der Waals surface area contributed by atoms with Crippen LogP contribution in [0.2, 0.25) is 0 Å². The Morgan fingerprint density at radius 1 is 1.22 bits per heavy atom. The van der Waals surface area contributed by atoms with Gasteiger partial charge in [-0.3, -0.25) is 4.79 Å². The van der Waals surface area contributed by atoms with Crippen molar-refractivity contribution >= 4 is 47.6 Å². The topological polar surface area (TPSA) is 54.5 Å². The smallest absolute Gasteiger partial charge is 0.253 e. The first-order valence-corrected chi connectivity index (χ1v) is 8.73. The van der Waals surface area contributed by atoms with Gasteiger partial charge in [0.1, 0.15) is 9.84 Å². The third kappa shape index (κ3) is 5.07. The van der Waals surface area contributed by atoms with Gasteiger partial charge >= 0.3 is 0 Å². The first-order valence-electron chi connectivity index (χ1n) is 5.08. The van der Waals surface area contributed by atoms with Crippen molar-refractivity contribution in [2.45, 2.75) is 0 Å². The molecule has 1 amide bonds. The molecule has 100 valence electrons. The van der Waals surface area contributed by atoms with Crippen LogP contribution in [0, 0.1) is 0 Å². The van der Waals surface area contributed by atoms with Crippen molar-refractivity contribution in [1.82, 2.24) is 4.90 Å². The lowest BCUT2D eigenvalue weighted by atomic mass is 10.2. The Kier molecular flexibility index (Phi) is 5.36. The molecule has 0 radical (unpaired) electrons. The molecular weight excluding hydrogens is 386 g/mol. The van der Waals surface area contributed by atoms with E-state index in [1.807, 2.05) is 6.07 Å². The molecule has 0 saturated carbocycles. The normalized spacial score (nSPS) is 11.3. The van der Waals surface area contributed by atoms with Gasteiger partial charge < -0.3 is 4.90 Å². The Labute approximate surface area is 124 Å². The minimum atomic E-state index is -3.06. The summed E-state index contributed by atoms with van der Waals surface area (Å²) in [7, 11) is -1.48. The Morgan fingerprint density at radius 2 is 1.72 bits per heavy atom. The van der Waals surface area contributed by atoms with Crippen LogP contribution in [0.4, 0.5) is 0 Å². The van der Waals surface area contributed by atoms with E-state index in [2.05, 4.69) is 31.9 Å². The number of halogens is 2. The molecule has 0 aliphatic carbocycles. The van der Waals surface area contributed by atoms with E-state index in [0.717, 1.165) is 15.2 Å². The van der Waals surface area contributed by atoms with Crippen molar-refractivity contribution in [3.05, 3.63) is 32.7 Å². The van der Waals surface area contributed by atoms with E-state index < -0.39 is 9.84 Å². The van der Waals surface area contributed by atoms with Gasteiger partial charge in [-0.25, -0.2) is 8.42 Å². The Bertz CT molecular complexity index is 537. The van der Waals surface area contributed by atoms with Crippen molar-refractivity contribution in [2.24, 2.45) is 0 Å². The summed E-state index contributed by atoms with van der Waals surface area (Å²) in [4.78, 5) is 13.5. The molecule has 0 aliphatic rings. The molecule has 1 rings (SSSR count). The molecule has 0 fully saturated rings. The molecule has 0 atom stereocenters. The van der Waals surface area contributed by atoms with Crippen molar-refractivity contribution in [3.8, 4) is 0 Å². The van der Waals surface area contributed by atoms with Crippen LogP contribution in [-0.4, -0.2) is 44.8 Å². The number of rotatable bonds is 4. The Morgan fingerprint density at radius 3 is 2.17 bits per heavy atom. The second kappa shape index (κ2) is 6.16. The van der Waals surface area contributed by atoms with E-state index in [9.17, 15) is 13.2 Å². The van der Waals surface area contributed by atoms with E-state index in [-0.39, 0.29) is 18.2 Å². The van der Waals surface area contributed by atoms with Crippen LogP contribution < -0.4 is 0 Å². The van der Waals surface area contributed by atoms with Gasteiger partial charge in [0.25, 0.3) is 5.91 Å². The number of nitrogens with zero attached hydrogens (tertiary/aromatic N) is 1. The molecule has 1 aromatic rings. The fourth-order valence-corrected chi connectivity index (χ4v) is 3.20. The summed E-state index contributed by atoms with van der Waals surface area (Å²) in [5, 5.41) is 0. The molecular formula is C11H13Br2NO3S. The van der Waals surface area contributed by atoms with Crippen LogP contribution in [0.1, 0.15) is 10.4 Å². The lowest BCUT2D eigenvalue weighted by Gasteiger charge is -2.17. The van der Waals surface area contributed by atoms with Crippen molar-refractivity contribution in [1.29, 1.82) is 0 Å². The van der Waals surface area contributed by atoms with Crippen LogP contribution in [0.5, 0.6) is 0 Å². The van der Waals surface area contributed by atoms with Crippen molar-refractivity contribution < 1.29 is 13.2 Å². The number of amides is 1. The molecule has 4 nitrogen and oxygen atoms in total. The van der Waals surface area contributed by atoms with E-state index >= 15 is 0 Å². The fraction of sp³-hybridized carbons (Fsp3) is 0.364. The van der Waals surface area contributed by atoms with Gasteiger partial charge in [0.2, 0.25) is 0 Å². The summed E-state index contributed by atoms with van der Waals surface area (Å²) in [5.41, 5.74) is 0.507. The van der Waals surface area contributed by atoms with Crippen LogP contribution in [-0.2, 0) is 9.84 Å². The fourth-order valence-electron chi connectivity index (χ4n) is 1.30. The molecule has 0 unspecified atom stereocenters. The van der Waals surface area contributed by atoms with Gasteiger partial charge in [-0.05, 0) is 18.2 Å². The molecule has 0 heterocycles. The second-order valence-electron chi connectivity index (χ2n) is 4.01. The number of carbonyl (C=O) groups excluding carboxylic acids is 1. The summed E-state index contributed by atoms with van der Waals surface area (Å²) in [6, 6.07) is 5.22. The predicted octanol–water partition coefficient (Wildman–Crippen LogP) is 2.33. The van der Waals surface area contributed by atoms with Gasteiger partial charge in [-0.1, -0.05) is 31.9 Å². The van der Waals surface area contributed by atoms with E-state index in [0.29, 0.717) is 5.56 Å². The summed E-state index contributed by atoms with van der Waals surface area (Å²) in [6.07, 6.45) is 1.15. The maximum absolute atomic E-state index is 12.1. The average molecular weight is 399 g/mol. The van der Waals surface area contributed by atoms with E-state index in [4.69, 9.17) is 0 Å². The molecule has 0 aliphatic heterocycles. The summed E-state index contributed by atoms with van der Waals surface area (Å²) in [6.45, 7) is 0.182. The van der Waals surface area contributed by atoms with Crippen molar-refractivity contribution in [3.63, 3.8) is 0 Å². The molecule has 0 saturated heterocycles. The van der Waals surface area contributed by atoms with E-state index in [1.54, 1.807) is 19.2 Å². The lowest BCUT2D eigenvalue weighted by molar-refractivity contribution is 0.0803. The molecule has 0 N–H and O–H groups in total. The van der Waals surface area contributed by atoms with Gasteiger partial charge in [0, 0.05) is 34.4 Å².